The topological polar surface area (TPSA) is 195 Å². The zero-order valence-electron chi connectivity index (χ0n) is 36.2. The molecule has 16 nitrogen and oxygen atoms in total. The smallest absolute Gasteiger partial charge is 0.312 e. The van der Waals surface area contributed by atoms with Crippen LogP contribution in [0, 0.1) is 52.8 Å². The maximum Gasteiger partial charge on any atom is 0.312 e. The van der Waals surface area contributed by atoms with Gasteiger partial charge in [-0.1, -0.05) is 12.8 Å². The van der Waals surface area contributed by atoms with Crippen LogP contribution in [0.3, 0.4) is 0 Å². The van der Waals surface area contributed by atoms with Gasteiger partial charge < -0.3 is 47.4 Å². The van der Waals surface area contributed by atoms with Crippen LogP contribution >= 0.6 is 0 Å². The van der Waals surface area contributed by atoms with Crippen molar-refractivity contribution < 1.29 is 76.1 Å². The molecule has 15 unspecified atom stereocenters. The Bertz CT molecular complexity index is 1680. The highest BCUT2D eigenvalue weighted by atomic mass is 16.8. The first kappa shape index (κ1) is 43.5. The van der Waals surface area contributed by atoms with Gasteiger partial charge >= 0.3 is 35.8 Å². The quantitative estimate of drug-likeness (QED) is 0.232. The average Bonchev–Trinajstić information content (AvgIpc) is 4.05. The van der Waals surface area contributed by atoms with Crippen molar-refractivity contribution in [3.63, 3.8) is 0 Å². The molecule has 16 heteroatoms. The fraction of sp³-hybridized carbons (Fsp3) is 0.872. The number of fused-ring (bicyclic) bond motifs is 10. The van der Waals surface area contributed by atoms with Crippen molar-refractivity contribution in [1.29, 1.82) is 0 Å². The summed E-state index contributed by atoms with van der Waals surface area (Å²) in [5, 5.41) is 0. The lowest BCUT2D eigenvalue weighted by atomic mass is 9.68. The highest BCUT2D eigenvalue weighted by Gasteiger charge is 2.59. The average molecular weight is 885 g/mol. The Balaban J connectivity index is 0.0000000903. The predicted molar refractivity (Wildman–Crippen MR) is 213 cm³/mol. The van der Waals surface area contributed by atoms with E-state index in [1.807, 2.05) is 0 Å². The second-order valence-electron chi connectivity index (χ2n) is 20.7. The largest absolute Gasteiger partial charge is 0.465 e. The fourth-order valence-corrected chi connectivity index (χ4v) is 13.8. The van der Waals surface area contributed by atoms with Crippen LogP contribution in [-0.4, -0.2) is 111 Å². The number of hydrogen-bond donors (Lipinski definition) is 0. The Kier molecular flexibility index (Phi) is 12.8. The van der Waals surface area contributed by atoms with E-state index in [1.165, 1.54) is 51.4 Å². The van der Waals surface area contributed by atoms with Crippen LogP contribution in [0.25, 0.3) is 0 Å². The zero-order valence-corrected chi connectivity index (χ0v) is 36.2. The van der Waals surface area contributed by atoms with Gasteiger partial charge in [0.15, 0.2) is 25.3 Å². The fourth-order valence-electron chi connectivity index (χ4n) is 13.8. The molecule has 10 aliphatic heterocycles. The molecule has 10 heterocycles. The molecule has 0 aromatic heterocycles. The maximum atomic E-state index is 11.6. The first-order chi connectivity index (χ1) is 30.6. The molecule has 348 valence electrons. The van der Waals surface area contributed by atoms with E-state index in [0.29, 0.717) is 56.3 Å². The predicted octanol–water partition coefficient (Wildman–Crippen LogP) is 5.03. The van der Waals surface area contributed by atoms with Gasteiger partial charge in [0.1, 0.15) is 30.5 Å². The van der Waals surface area contributed by atoms with Crippen molar-refractivity contribution in [3.8, 4) is 0 Å². The van der Waals surface area contributed by atoms with E-state index in [1.54, 1.807) is 0 Å². The van der Waals surface area contributed by atoms with Crippen LogP contribution in [-0.2, 0) is 76.1 Å². The summed E-state index contributed by atoms with van der Waals surface area (Å²) in [4.78, 5) is 65.9. The van der Waals surface area contributed by atoms with Gasteiger partial charge in [-0.3, -0.25) is 28.8 Å². The lowest BCUT2D eigenvalue weighted by Gasteiger charge is -2.35. The molecule has 0 amide bonds. The van der Waals surface area contributed by atoms with Gasteiger partial charge in [0, 0.05) is 18.3 Å². The molecule has 16 rings (SSSR count). The van der Waals surface area contributed by atoms with Crippen molar-refractivity contribution in [1.82, 2.24) is 0 Å². The minimum absolute atomic E-state index is 0.00289. The van der Waals surface area contributed by atoms with Gasteiger partial charge in [-0.05, 0) is 114 Å². The summed E-state index contributed by atoms with van der Waals surface area (Å²) >= 11 is 0. The minimum atomic E-state index is -0.326. The first-order valence-electron chi connectivity index (χ1n) is 24.2. The summed E-state index contributed by atoms with van der Waals surface area (Å²) < 4.78 is 51.3. The zero-order chi connectivity index (χ0) is 43.2. The molecule has 15 atom stereocenters. The van der Waals surface area contributed by atoms with Crippen LogP contribution < -0.4 is 0 Å². The van der Waals surface area contributed by atoms with Crippen LogP contribution in [0.5, 0.6) is 0 Å². The van der Waals surface area contributed by atoms with Gasteiger partial charge in [0.05, 0.1) is 56.3 Å². The van der Waals surface area contributed by atoms with E-state index in [0.717, 1.165) is 82.1 Å². The number of esters is 6. The van der Waals surface area contributed by atoms with Crippen molar-refractivity contribution in [2.75, 3.05) is 26.6 Å². The van der Waals surface area contributed by atoms with E-state index >= 15 is 0 Å². The van der Waals surface area contributed by atoms with Gasteiger partial charge in [0.2, 0.25) is 0 Å². The van der Waals surface area contributed by atoms with Crippen LogP contribution in [0.15, 0.2) is 0 Å². The van der Waals surface area contributed by atoms with E-state index in [2.05, 4.69) is 0 Å². The molecule has 0 aromatic carbocycles. The molecular formula is C47H64O16. The minimum Gasteiger partial charge on any atom is -0.465 e. The standard InChI is InChI=1S/2C10H14O2.C7H8O5.2C7H10O2.C6H8O3/c11-10-8-2-6-1-7(3-8)5-9(4-6)12-10;11-9-10(3-4-12-9)6-7-1-2-8(10)5-7;8-4-1-3-5(12-4)6-7(11-3)10-2-9-6;8-7-6-3-1-2-5(6)4-9-7;8-7-4-5-2-1-3-6(5)9-7;7-6-3-5-4(9-6)1-2-8-5/h6-9H,1-5H2;7-8H,1-6H2;3,5-7H,1-2H2;2*5-6H,1-4H2;4-5H,1-3H2. The number of hydrogen-bond acceptors (Lipinski definition) is 16. The number of rotatable bonds is 0. The second-order valence-corrected chi connectivity index (χ2v) is 20.7. The van der Waals surface area contributed by atoms with Gasteiger partial charge in [-0.2, -0.15) is 0 Å². The SMILES string of the molecule is O=C1CC2CCCC2O1.O=C1CC2OC3OCOC3C2O1.O=C1CC2OCCC2O1.O=C1OC2CC3CC(C2)CC1C3.O=C1OCC2CCCC12.O=C1OCCC12CC1CCC2C1. The highest BCUT2D eigenvalue weighted by molar-refractivity contribution is 5.80. The molecule has 16 aliphatic rings. The summed E-state index contributed by atoms with van der Waals surface area (Å²) in [6, 6.07) is 0. The molecule has 6 saturated carbocycles. The number of cyclic esters (lactones) is 2. The third-order valence-electron chi connectivity index (χ3n) is 16.8. The Morgan fingerprint density at radius 3 is 2.02 bits per heavy atom. The summed E-state index contributed by atoms with van der Waals surface area (Å²) in [6.45, 7) is 2.37. The summed E-state index contributed by atoms with van der Waals surface area (Å²) in [7, 11) is 0. The number of carbonyl (C=O) groups is 6. The molecule has 0 N–H and O–H groups in total. The highest BCUT2D eigenvalue weighted by Crippen LogP contribution is 2.59. The summed E-state index contributed by atoms with van der Waals surface area (Å²) in [6.07, 6.45) is 21.2. The van der Waals surface area contributed by atoms with Crippen molar-refractivity contribution in [2.45, 2.75) is 177 Å². The van der Waals surface area contributed by atoms with E-state index < -0.39 is 0 Å². The Morgan fingerprint density at radius 2 is 1.29 bits per heavy atom. The van der Waals surface area contributed by atoms with Gasteiger partial charge in [-0.15, -0.1) is 0 Å². The molecule has 10 saturated heterocycles. The Labute approximate surface area is 368 Å². The van der Waals surface area contributed by atoms with E-state index in [4.69, 9.17) is 47.4 Å². The van der Waals surface area contributed by atoms with Crippen molar-refractivity contribution >= 4 is 35.8 Å². The monoisotopic (exact) mass is 884 g/mol. The summed E-state index contributed by atoms with van der Waals surface area (Å²) in [5.41, 5.74) is 0.00289. The second kappa shape index (κ2) is 18.5. The van der Waals surface area contributed by atoms with Crippen molar-refractivity contribution in [3.05, 3.63) is 0 Å². The molecule has 6 aliphatic carbocycles. The molecule has 1 spiro atoms. The maximum absolute atomic E-state index is 11.6. The molecule has 6 bridgehead atoms. The van der Waals surface area contributed by atoms with Gasteiger partial charge in [0.25, 0.3) is 0 Å². The van der Waals surface area contributed by atoms with E-state index in [-0.39, 0.29) is 103 Å². The molecule has 0 aromatic rings. The normalized spacial score (nSPS) is 46.3. The van der Waals surface area contributed by atoms with Crippen LogP contribution in [0.4, 0.5) is 0 Å². The third-order valence-corrected chi connectivity index (χ3v) is 16.8. The molecular weight excluding hydrogens is 821 g/mol. The first-order valence-corrected chi connectivity index (χ1v) is 24.2. The lowest BCUT2D eigenvalue weighted by Crippen LogP contribution is -2.32. The van der Waals surface area contributed by atoms with Gasteiger partial charge in [-0.25, -0.2) is 0 Å². The van der Waals surface area contributed by atoms with Crippen LogP contribution in [0.2, 0.25) is 0 Å². The molecule has 0 radical (unpaired) electrons. The number of carbonyl (C=O) groups excluding carboxylic acids is 6. The van der Waals surface area contributed by atoms with Crippen LogP contribution in [0.1, 0.15) is 128 Å². The lowest BCUT2D eigenvalue weighted by molar-refractivity contribution is -0.151. The third kappa shape index (κ3) is 9.25. The Morgan fingerprint density at radius 1 is 0.524 bits per heavy atom. The number of ether oxygens (including phenoxy) is 10. The van der Waals surface area contributed by atoms with E-state index in [9.17, 15) is 28.8 Å². The van der Waals surface area contributed by atoms with Crippen molar-refractivity contribution in [2.24, 2.45) is 52.8 Å². The summed E-state index contributed by atoms with van der Waals surface area (Å²) in [5.74, 6) is 4.82. The molecule has 16 fully saturated rings. The molecule has 63 heavy (non-hydrogen) atoms. The Hall–Kier alpha value is -3.34.